The summed E-state index contributed by atoms with van der Waals surface area (Å²) in [7, 11) is 2.88. The third-order valence-electron chi connectivity index (χ3n) is 3.81. The Hall–Kier alpha value is -1.34. The van der Waals surface area contributed by atoms with E-state index in [1.807, 2.05) is 13.8 Å². The van der Waals surface area contributed by atoms with Gasteiger partial charge in [-0.1, -0.05) is 0 Å². The van der Waals surface area contributed by atoms with Crippen LogP contribution in [-0.4, -0.2) is 78.8 Å². The first kappa shape index (κ1) is 14.1. The minimum atomic E-state index is -0.559. The van der Waals surface area contributed by atoms with Gasteiger partial charge in [-0.05, 0) is 13.8 Å². The highest BCUT2D eigenvalue weighted by Gasteiger charge is 2.50. The van der Waals surface area contributed by atoms with E-state index in [0.717, 1.165) is 0 Å². The number of methoxy groups -OCH3 is 1. The number of hydroxylamine groups is 2. The number of piperazine rings is 1. The van der Waals surface area contributed by atoms with Gasteiger partial charge in [0.2, 0.25) is 0 Å². The number of esters is 1. The molecule has 0 aromatic heterocycles. The van der Waals surface area contributed by atoms with Gasteiger partial charge < -0.3 is 19.4 Å². The quantitative estimate of drug-likeness (QED) is 0.672. The molecule has 0 spiro atoms. The van der Waals surface area contributed by atoms with E-state index >= 15 is 0 Å². The Morgan fingerprint density at radius 1 is 1.32 bits per heavy atom. The Labute approximate surface area is 113 Å². The van der Waals surface area contributed by atoms with Gasteiger partial charge in [0.15, 0.2) is 6.04 Å². The van der Waals surface area contributed by atoms with Crippen LogP contribution in [0.1, 0.15) is 13.8 Å². The normalized spacial score (nSPS) is 27.9. The molecule has 0 bridgehead atoms. The zero-order valence-electron chi connectivity index (χ0n) is 11.8. The number of carbonyl (C=O) groups excluding carboxylic acids is 2. The van der Waals surface area contributed by atoms with E-state index in [-0.39, 0.29) is 24.1 Å². The van der Waals surface area contributed by atoms with E-state index in [2.05, 4.69) is 0 Å². The molecule has 2 rings (SSSR count). The van der Waals surface area contributed by atoms with Crippen LogP contribution >= 0.6 is 0 Å². The largest absolute Gasteiger partial charge is 0.468 e. The Morgan fingerprint density at radius 2 is 2.00 bits per heavy atom. The number of ether oxygens (including phenoxy) is 1. The summed E-state index contributed by atoms with van der Waals surface area (Å²) >= 11 is 0. The first-order valence-electron chi connectivity index (χ1n) is 6.47. The molecule has 2 saturated heterocycles. The van der Waals surface area contributed by atoms with Gasteiger partial charge >= 0.3 is 12.0 Å². The zero-order valence-corrected chi connectivity index (χ0v) is 11.8. The molecule has 19 heavy (non-hydrogen) atoms. The molecule has 2 fully saturated rings. The molecule has 2 aliphatic rings. The lowest BCUT2D eigenvalue weighted by molar-refractivity contribution is -0.205. The molecule has 2 atom stereocenters. The number of rotatable bonds is 3. The fraction of sp³-hybridized carbons (Fsp3) is 0.833. The number of carbonyl (C=O) groups is 2. The average molecular weight is 271 g/mol. The second kappa shape index (κ2) is 5.34. The van der Waals surface area contributed by atoms with Gasteiger partial charge in [0.25, 0.3) is 0 Å². The highest BCUT2D eigenvalue weighted by Crippen LogP contribution is 2.27. The molecule has 2 heterocycles. The number of amides is 2. The summed E-state index contributed by atoms with van der Waals surface area (Å²) in [6, 6.07) is -0.662. The van der Waals surface area contributed by atoms with Gasteiger partial charge in [-0.3, -0.25) is 4.79 Å². The summed E-state index contributed by atoms with van der Waals surface area (Å²) in [5, 5.41) is 1.60. The average Bonchev–Trinajstić information content (AvgIpc) is 2.74. The smallest absolute Gasteiger partial charge is 0.327 e. The number of hydrogen-bond donors (Lipinski definition) is 0. The molecule has 0 radical (unpaired) electrons. The highest BCUT2D eigenvalue weighted by molar-refractivity contribution is 5.82. The van der Waals surface area contributed by atoms with Gasteiger partial charge in [-0.15, -0.1) is 0 Å². The number of fused-ring (bicyclic) bond motifs is 1. The van der Waals surface area contributed by atoms with Crippen molar-refractivity contribution in [2.24, 2.45) is 0 Å². The van der Waals surface area contributed by atoms with Gasteiger partial charge in [-0.2, -0.15) is 5.06 Å². The molecule has 0 aromatic rings. The van der Waals surface area contributed by atoms with E-state index in [1.54, 1.807) is 14.9 Å². The molecule has 0 unspecified atom stereocenters. The third-order valence-corrected chi connectivity index (χ3v) is 3.81. The van der Waals surface area contributed by atoms with Crippen LogP contribution in [0.15, 0.2) is 0 Å². The van der Waals surface area contributed by atoms with Crippen molar-refractivity contribution >= 4 is 12.0 Å². The maximum Gasteiger partial charge on any atom is 0.327 e. The number of urea groups is 1. The minimum Gasteiger partial charge on any atom is -0.468 e. The molecule has 7 heteroatoms. The predicted molar refractivity (Wildman–Crippen MR) is 67.3 cm³/mol. The van der Waals surface area contributed by atoms with Crippen LogP contribution < -0.4 is 0 Å². The van der Waals surface area contributed by atoms with Crippen molar-refractivity contribution in [2.45, 2.75) is 32.0 Å². The highest BCUT2D eigenvalue weighted by atomic mass is 16.7. The van der Waals surface area contributed by atoms with E-state index < -0.39 is 6.04 Å². The maximum absolute atomic E-state index is 12.3. The van der Waals surface area contributed by atoms with Crippen molar-refractivity contribution in [2.75, 3.05) is 33.9 Å². The fourth-order valence-electron chi connectivity index (χ4n) is 2.79. The first-order chi connectivity index (χ1) is 9.01. The molecule has 0 aliphatic carbocycles. The second-order valence-corrected chi connectivity index (χ2v) is 5.08. The van der Waals surface area contributed by atoms with Crippen LogP contribution in [0.25, 0.3) is 0 Å². The van der Waals surface area contributed by atoms with Crippen molar-refractivity contribution in [3.05, 3.63) is 0 Å². The lowest BCUT2D eigenvalue weighted by atomic mass is 10.0. The van der Waals surface area contributed by atoms with E-state index in [1.165, 1.54) is 14.2 Å². The van der Waals surface area contributed by atoms with Crippen LogP contribution in [0.3, 0.4) is 0 Å². The molecular weight excluding hydrogens is 250 g/mol. The van der Waals surface area contributed by atoms with Gasteiger partial charge in [-0.25, -0.2) is 4.79 Å². The van der Waals surface area contributed by atoms with Crippen molar-refractivity contribution in [3.63, 3.8) is 0 Å². The van der Waals surface area contributed by atoms with Gasteiger partial charge in [0.05, 0.1) is 20.3 Å². The summed E-state index contributed by atoms with van der Waals surface area (Å²) in [6.07, 6.45) is 0. The Morgan fingerprint density at radius 3 is 2.53 bits per heavy atom. The number of hydrogen-bond acceptors (Lipinski definition) is 5. The van der Waals surface area contributed by atoms with E-state index in [9.17, 15) is 9.59 Å². The zero-order chi connectivity index (χ0) is 14.2. The van der Waals surface area contributed by atoms with Crippen molar-refractivity contribution in [1.82, 2.24) is 14.9 Å². The standard InChI is InChI=1S/C12H21N3O4/c1-8(2)14-7-9-10(11(16)18-3)15(19-4)6-5-13(9)12(14)17/h8-10H,5-7H2,1-4H3/t9-,10+/m0/s1. The summed E-state index contributed by atoms with van der Waals surface area (Å²) in [5.74, 6) is -0.366. The van der Waals surface area contributed by atoms with Crippen molar-refractivity contribution < 1.29 is 19.2 Å². The molecule has 0 saturated carbocycles. The first-order valence-corrected chi connectivity index (χ1v) is 6.47. The van der Waals surface area contributed by atoms with Crippen LogP contribution in [-0.2, 0) is 14.4 Å². The summed E-state index contributed by atoms with van der Waals surface area (Å²) in [5.41, 5.74) is 0. The SMILES string of the molecule is COC(=O)[C@H]1[C@@H]2CN(C(C)C)C(=O)N2CCN1OC. The van der Waals surface area contributed by atoms with Gasteiger partial charge in [0, 0.05) is 25.7 Å². The van der Waals surface area contributed by atoms with Crippen LogP contribution in [0, 0.1) is 0 Å². The van der Waals surface area contributed by atoms with E-state index in [0.29, 0.717) is 19.6 Å². The van der Waals surface area contributed by atoms with Crippen LogP contribution in [0.5, 0.6) is 0 Å². The summed E-state index contributed by atoms with van der Waals surface area (Å²) < 4.78 is 4.84. The summed E-state index contributed by atoms with van der Waals surface area (Å²) in [6.45, 7) is 5.53. The molecule has 0 aromatic carbocycles. The second-order valence-electron chi connectivity index (χ2n) is 5.08. The molecule has 0 N–H and O–H groups in total. The van der Waals surface area contributed by atoms with Gasteiger partial charge in [0.1, 0.15) is 0 Å². The molecular formula is C12H21N3O4. The lowest BCUT2D eigenvalue weighted by Crippen LogP contribution is -2.61. The van der Waals surface area contributed by atoms with Crippen molar-refractivity contribution in [1.29, 1.82) is 0 Å². The Balaban J connectivity index is 2.25. The molecule has 108 valence electrons. The molecule has 2 amide bonds. The maximum atomic E-state index is 12.3. The third kappa shape index (κ3) is 2.28. The van der Waals surface area contributed by atoms with Crippen molar-refractivity contribution in [3.8, 4) is 0 Å². The molecule has 2 aliphatic heterocycles. The number of nitrogens with zero attached hydrogens (tertiary/aromatic N) is 3. The summed E-state index contributed by atoms with van der Waals surface area (Å²) in [4.78, 5) is 33.0. The Kier molecular flexibility index (Phi) is 3.96. The predicted octanol–water partition coefficient (Wildman–Crippen LogP) is -0.0804. The van der Waals surface area contributed by atoms with E-state index in [4.69, 9.17) is 9.57 Å². The van der Waals surface area contributed by atoms with Crippen LogP contribution in [0.4, 0.5) is 4.79 Å². The monoisotopic (exact) mass is 271 g/mol. The van der Waals surface area contributed by atoms with Crippen LogP contribution in [0.2, 0.25) is 0 Å². The topological polar surface area (TPSA) is 62.3 Å². The fourth-order valence-corrected chi connectivity index (χ4v) is 2.79. The lowest BCUT2D eigenvalue weighted by Gasteiger charge is -2.40. The Bertz CT molecular complexity index is 374. The minimum absolute atomic E-state index is 0.00958. The molecule has 7 nitrogen and oxygen atoms in total.